The highest BCUT2D eigenvalue weighted by Gasteiger charge is 2.17. The molecule has 0 saturated heterocycles. The van der Waals surface area contributed by atoms with Gasteiger partial charge in [0.1, 0.15) is 0 Å². The van der Waals surface area contributed by atoms with Gasteiger partial charge in [0.05, 0.1) is 4.92 Å². The first-order valence-corrected chi connectivity index (χ1v) is 6.19. The van der Waals surface area contributed by atoms with Gasteiger partial charge in [-0.15, -0.1) is 0 Å². The first kappa shape index (κ1) is 15.1. The first-order chi connectivity index (χ1) is 8.93. The Morgan fingerprint density at radius 1 is 1.42 bits per heavy atom. The third kappa shape index (κ3) is 4.33. The first-order valence-electron chi connectivity index (χ1n) is 6.19. The lowest BCUT2D eigenvalue weighted by Gasteiger charge is -2.15. The molecule has 19 heavy (non-hydrogen) atoms. The van der Waals surface area contributed by atoms with Crippen molar-refractivity contribution in [1.82, 2.24) is 5.32 Å². The SMILES string of the molecule is CC(N)C(C)C(=O)NCCc1ccccc1[N+](=O)[O-]. The minimum Gasteiger partial charge on any atom is -0.355 e. The van der Waals surface area contributed by atoms with Crippen molar-refractivity contribution in [3.63, 3.8) is 0 Å². The summed E-state index contributed by atoms with van der Waals surface area (Å²) < 4.78 is 0. The molecule has 0 saturated carbocycles. The molecule has 0 aliphatic rings. The Labute approximate surface area is 112 Å². The number of hydrogen-bond acceptors (Lipinski definition) is 4. The number of nitrogens with one attached hydrogen (secondary N) is 1. The van der Waals surface area contributed by atoms with Crippen molar-refractivity contribution < 1.29 is 9.72 Å². The molecule has 0 aromatic heterocycles. The highest BCUT2D eigenvalue weighted by atomic mass is 16.6. The summed E-state index contributed by atoms with van der Waals surface area (Å²) in [5.74, 6) is -0.403. The van der Waals surface area contributed by atoms with Gasteiger partial charge in [-0.2, -0.15) is 0 Å². The zero-order valence-corrected chi connectivity index (χ0v) is 11.1. The van der Waals surface area contributed by atoms with Gasteiger partial charge in [-0.05, 0) is 13.3 Å². The van der Waals surface area contributed by atoms with Crippen LogP contribution >= 0.6 is 0 Å². The summed E-state index contributed by atoms with van der Waals surface area (Å²) in [6.07, 6.45) is 0.425. The van der Waals surface area contributed by atoms with Crippen LogP contribution in [0.3, 0.4) is 0 Å². The number of benzene rings is 1. The molecule has 1 amide bonds. The van der Waals surface area contributed by atoms with E-state index in [1.54, 1.807) is 32.0 Å². The lowest BCUT2D eigenvalue weighted by molar-refractivity contribution is -0.385. The maximum Gasteiger partial charge on any atom is 0.272 e. The van der Waals surface area contributed by atoms with E-state index in [1.807, 2.05) is 0 Å². The molecule has 3 N–H and O–H groups in total. The number of nitro benzene ring substituents is 1. The Morgan fingerprint density at radius 3 is 2.63 bits per heavy atom. The van der Waals surface area contributed by atoms with Crippen molar-refractivity contribution in [3.8, 4) is 0 Å². The lowest BCUT2D eigenvalue weighted by Crippen LogP contribution is -2.39. The molecule has 2 unspecified atom stereocenters. The van der Waals surface area contributed by atoms with Gasteiger partial charge in [0, 0.05) is 30.1 Å². The van der Waals surface area contributed by atoms with Crippen LogP contribution in [0.2, 0.25) is 0 Å². The normalized spacial score (nSPS) is 13.6. The van der Waals surface area contributed by atoms with Crippen LogP contribution in [0.25, 0.3) is 0 Å². The molecule has 6 heteroatoms. The van der Waals surface area contributed by atoms with Crippen molar-refractivity contribution in [2.75, 3.05) is 6.54 Å². The standard InChI is InChI=1S/C13H19N3O3/c1-9(10(2)14)13(17)15-8-7-11-5-3-4-6-12(11)16(18)19/h3-6,9-10H,7-8,14H2,1-2H3,(H,15,17). The molecule has 0 fully saturated rings. The highest BCUT2D eigenvalue weighted by molar-refractivity contribution is 5.78. The monoisotopic (exact) mass is 265 g/mol. The van der Waals surface area contributed by atoms with Crippen LogP contribution < -0.4 is 11.1 Å². The van der Waals surface area contributed by atoms with Crippen molar-refractivity contribution in [2.45, 2.75) is 26.3 Å². The molecule has 6 nitrogen and oxygen atoms in total. The molecule has 0 radical (unpaired) electrons. The molecular formula is C13H19N3O3. The molecule has 1 aromatic carbocycles. The Hall–Kier alpha value is -1.95. The maximum absolute atomic E-state index is 11.7. The third-order valence-electron chi connectivity index (χ3n) is 3.08. The van der Waals surface area contributed by atoms with Crippen LogP contribution in [0, 0.1) is 16.0 Å². The predicted molar refractivity (Wildman–Crippen MR) is 72.6 cm³/mol. The molecule has 2 atom stereocenters. The fourth-order valence-corrected chi connectivity index (χ4v) is 1.62. The van der Waals surface area contributed by atoms with E-state index in [4.69, 9.17) is 5.73 Å². The maximum atomic E-state index is 11.7. The second kappa shape index (κ2) is 6.84. The van der Waals surface area contributed by atoms with Gasteiger partial charge in [0.15, 0.2) is 0 Å². The van der Waals surface area contributed by atoms with E-state index in [0.717, 1.165) is 0 Å². The second-order valence-electron chi connectivity index (χ2n) is 4.57. The van der Waals surface area contributed by atoms with Gasteiger partial charge in [-0.25, -0.2) is 0 Å². The summed E-state index contributed by atoms with van der Waals surface area (Å²) in [5.41, 5.74) is 6.33. The number of para-hydroxylation sites is 1. The van der Waals surface area contributed by atoms with E-state index in [0.29, 0.717) is 18.5 Å². The van der Waals surface area contributed by atoms with Crippen LogP contribution in [0.4, 0.5) is 5.69 Å². The smallest absolute Gasteiger partial charge is 0.272 e. The van der Waals surface area contributed by atoms with E-state index >= 15 is 0 Å². The van der Waals surface area contributed by atoms with E-state index < -0.39 is 4.92 Å². The van der Waals surface area contributed by atoms with E-state index in [9.17, 15) is 14.9 Å². The van der Waals surface area contributed by atoms with Crippen LogP contribution in [0.15, 0.2) is 24.3 Å². The highest BCUT2D eigenvalue weighted by Crippen LogP contribution is 2.17. The predicted octanol–water partition coefficient (Wildman–Crippen LogP) is 1.24. The third-order valence-corrected chi connectivity index (χ3v) is 3.08. The minimum absolute atomic E-state index is 0.0805. The average molecular weight is 265 g/mol. The van der Waals surface area contributed by atoms with Crippen molar-refractivity contribution in [2.24, 2.45) is 11.7 Å². The summed E-state index contributed by atoms with van der Waals surface area (Å²) in [6, 6.07) is 6.31. The van der Waals surface area contributed by atoms with E-state index in [-0.39, 0.29) is 23.6 Å². The zero-order valence-electron chi connectivity index (χ0n) is 11.1. The fourth-order valence-electron chi connectivity index (χ4n) is 1.62. The van der Waals surface area contributed by atoms with Crippen molar-refractivity contribution >= 4 is 11.6 Å². The lowest BCUT2D eigenvalue weighted by atomic mass is 10.0. The number of carbonyl (C=O) groups is 1. The van der Waals surface area contributed by atoms with Gasteiger partial charge >= 0.3 is 0 Å². The van der Waals surface area contributed by atoms with Crippen LogP contribution in [0.5, 0.6) is 0 Å². The fraction of sp³-hybridized carbons (Fsp3) is 0.462. The molecule has 104 valence electrons. The minimum atomic E-state index is -0.415. The number of nitro groups is 1. The average Bonchev–Trinajstić information content (AvgIpc) is 2.37. The van der Waals surface area contributed by atoms with Crippen LogP contribution in [0.1, 0.15) is 19.4 Å². The molecule has 1 rings (SSSR count). The number of nitrogens with two attached hydrogens (primary N) is 1. The van der Waals surface area contributed by atoms with E-state index in [2.05, 4.69) is 5.32 Å². The van der Waals surface area contributed by atoms with Gasteiger partial charge in [-0.1, -0.05) is 25.1 Å². The summed E-state index contributed by atoms with van der Waals surface area (Å²) >= 11 is 0. The van der Waals surface area contributed by atoms with E-state index in [1.165, 1.54) is 6.07 Å². The summed E-state index contributed by atoms with van der Waals surface area (Å²) in [4.78, 5) is 22.1. The largest absolute Gasteiger partial charge is 0.355 e. The number of carbonyl (C=O) groups excluding carboxylic acids is 1. The Bertz CT molecular complexity index is 460. The number of amides is 1. The van der Waals surface area contributed by atoms with Crippen LogP contribution in [-0.2, 0) is 11.2 Å². The summed E-state index contributed by atoms with van der Waals surface area (Å²) in [7, 11) is 0. The molecule has 1 aromatic rings. The van der Waals surface area contributed by atoms with Gasteiger partial charge in [0.2, 0.25) is 5.91 Å². The quantitative estimate of drug-likeness (QED) is 0.597. The van der Waals surface area contributed by atoms with Gasteiger partial charge in [0.25, 0.3) is 5.69 Å². The van der Waals surface area contributed by atoms with Gasteiger partial charge in [-0.3, -0.25) is 14.9 Å². The Morgan fingerprint density at radius 2 is 2.05 bits per heavy atom. The van der Waals surface area contributed by atoms with Crippen molar-refractivity contribution in [1.29, 1.82) is 0 Å². The number of rotatable bonds is 6. The molecular weight excluding hydrogens is 246 g/mol. The second-order valence-corrected chi connectivity index (χ2v) is 4.57. The molecule has 0 aliphatic carbocycles. The van der Waals surface area contributed by atoms with Gasteiger partial charge < -0.3 is 11.1 Å². The Balaban J connectivity index is 2.54. The topological polar surface area (TPSA) is 98.3 Å². The zero-order chi connectivity index (χ0) is 14.4. The molecule has 0 heterocycles. The summed E-state index contributed by atoms with van der Waals surface area (Å²) in [6.45, 7) is 3.89. The molecule has 0 aliphatic heterocycles. The molecule has 0 bridgehead atoms. The Kier molecular flexibility index (Phi) is 5.44. The summed E-state index contributed by atoms with van der Waals surface area (Å²) in [5, 5.41) is 13.6. The van der Waals surface area contributed by atoms with Crippen LogP contribution in [-0.4, -0.2) is 23.4 Å². The number of hydrogen-bond donors (Lipinski definition) is 2. The number of nitrogens with zero attached hydrogens (tertiary/aromatic N) is 1. The van der Waals surface area contributed by atoms with Crippen molar-refractivity contribution in [3.05, 3.63) is 39.9 Å². The molecule has 0 spiro atoms.